The molecule has 3 aromatic carbocycles. The number of aromatic hydroxyl groups is 1. The Kier molecular flexibility index (Phi) is 5.50. The summed E-state index contributed by atoms with van der Waals surface area (Å²) in [4.78, 5) is 30.6. The van der Waals surface area contributed by atoms with Crippen LogP contribution in [0.3, 0.4) is 0 Å². The van der Waals surface area contributed by atoms with Gasteiger partial charge in [0.15, 0.2) is 5.75 Å². The summed E-state index contributed by atoms with van der Waals surface area (Å²) in [6.45, 7) is 0.345. The van der Waals surface area contributed by atoms with E-state index in [0.717, 1.165) is 15.4 Å². The Balaban J connectivity index is 1.24. The van der Waals surface area contributed by atoms with Gasteiger partial charge in [0.1, 0.15) is 11.5 Å². The summed E-state index contributed by atoms with van der Waals surface area (Å²) >= 11 is 1.52. The normalized spacial score (nSPS) is 12.1. The number of anilines is 1. The van der Waals surface area contributed by atoms with Gasteiger partial charge in [0.2, 0.25) is 0 Å². The van der Waals surface area contributed by atoms with Crippen molar-refractivity contribution < 1.29 is 19.4 Å². The third-order valence-corrected chi connectivity index (χ3v) is 6.16. The molecule has 4 aromatic rings. The number of amides is 2. The minimum atomic E-state index is -0.285. The van der Waals surface area contributed by atoms with Crippen LogP contribution in [0.25, 0.3) is 0 Å². The van der Waals surface area contributed by atoms with E-state index < -0.39 is 0 Å². The van der Waals surface area contributed by atoms with Crippen LogP contribution in [0.2, 0.25) is 0 Å². The number of phenols is 1. The number of hydrogen-bond acceptors (Lipinski definition) is 6. The first-order chi connectivity index (χ1) is 16.0. The van der Waals surface area contributed by atoms with Gasteiger partial charge < -0.3 is 20.5 Å². The van der Waals surface area contributed by atoms with E-state index in [-0.39, 0.29) is 17.6 Å². The summed E-state index contributed by atoms with van der Waals surface area (Å²) in [5.41, 5.74) is 2.34. The minimum Gasteiger partial charge on any atom is -0.508 e. The first-order valence-electron chi connectivity index (χ1n) is 10.3. The molecule has 0 aliphatic carbocycles. The van der Waals surface area contributed by atoms with E-state index >= 15 is 0 Å². The number of fused-ring (bicyclic) bond motifs is 2. The minimum absolute atomic E-state index is 0.231. The second-order valence-electron chi connectivity index (χ2n) is 7.51. The van der Waals surface area contributed by atoms with Gasteiger partial charge in [-0.25, -0.2) is 4.98 Å². The van der Waals surface area contributed by atoms with Crippen molar-refractivity contribution in [3.8, 4) is 17.2 Å². The number of rotatable bonds is 5. The smallest absolute Gasteiger partial charge is 0.259 e. The molecule has 2 heterocycles. The molecule has 3 N–H and O–H groups in total. The van der Waals surface area contributed by atoms with Crippen molar-refractivity contribution in [3.63, 3.8) is 0 Å². The fourth-order valence-corrected chi connectivity index (χ4v) is 4.38. The number of ether oxygens (including phenoxy) is 1. The van der Waals surface area contributed by atoms with Crippen LogP contribution in [-0.2, 0) is 13.0 Å². The third kappa shape index (κ3) is 4.56. The van der Waals surface area contributed by atoms with E-state index in [9.17, 15) is 14.7 Å². The monoisotopic (exact) mass is 457 g/mol. The molecule has 0 fully saturated rings. The highest BCUT2D eigenvalue weighted by atomic mass is 32.1. The van der Waals surface area contributed by atoms with Crippen LogP contribution < -0.4 is 15.4 Å². The summed E-state index contributed by atoms with van der Waals surface area (Å²) in [6, 6.07) is 19.0. The number of carbonyl (C=O) groups is 2. The molecule has 0 unspecified atom stereocenters. The molecule has 5 rings (SSSR count). The Bertz CT molecular complexity index is 1350. The van der Waals surface area contributed by atoms with Crippen LogP contribution in [0.5, 0.6) is 17.2 Å². The topological polar surface area (TPSA) is 101 Å². The van der Waals surface area contributed by atoms with E-state index in [1.807, 2.05) is 12.1 Å². The molecule has 7 nitrogen and oxygen atoms in total. The Morgan fingerprint density at radius 3 is 2.73 bits per heavy atom. The lowest BCUT2D eigenvalue weighted by atomic mass is 10.1. The average Bonchev–Trinajstić information content (AvgIpc) is 3.21. The van der Waals surface area contributed by atoms with Crippen LogP contribution >= 0.6 is 11.3 Å². The van der Waals surface area contributed by atoms with E-state index in [1.54, 1.807) is 60.8 Å². The summed E-state index contributed by atoms with van der Waals surface area (Å²) in [6.07, 6.45) is 2.41. The van der Waals surface area contributed by atoms with Crippen molar-refractivity contribution in [1.82, 2.24) is 10.3 Å². The standard InChI is InChI=1S/C25H19N3O4S/c29-17-8-5-15(6-9-17)11-23-26-13-18(33-23)14-27-24(30)16-7-10-22-20(12-16)28-25(31)19-3-1-2-4-21(19)32-22/h1-10,12-13,29H,11,14H2,(H,27,30)(H,28,31). The maximum atomic E-state index is 12.7. The summed E-state index contributed by atoms with van der Waals surface area (Å²) in [7, 11) is 0. The second-order valence-corrected chi connectivity index (χ2v) is 8.71. The third-order valence-electron chi connectivity index (χ3n) is 5.16. The molecular weight excluding hydrogens is 438 g/mol. The fraction of sp³-hybridized carbons (Fsp3) is 0.0800. The first kappa shape index (κ1) is 20.7. The van der Waals surface area contributed by atoms with Gasteiger partial charge in [0, 0.05) is 23.1 Å². The average molecular weight is 458 g/mol. The van der Waals surface area contributed by atoms with Crippen LogP contribution in [0.4, 0.5) is 5.69 Å². The zero-order valence-electron chi connectivity index (χ0n) is 17.4. The van der Waals surface area contributed by atoms with Gasteiger partial charge in [-0.15, -0.1) is 11.3 Å². The van der Waals surface area contributed by atoms with Crippen molar-refractivity contribution >= 4 is 28.8 Å². The zero-order chi connectivity index (χ0) is 22.8. The van der Waals surface area contributed by atoms with Crippen LogP contribution in [0, 0.1) is 0 Å². The molecule has 1 aromatic heterocycles. The number of nitrogens with one attached hydrogen (secondary N) is 2. The molecule has 1 aliphatic rings. The number of aromatic nitrogens is 1. The van der Waals surface area contributed by atoms with Gasteiger partial charge in [-0.05, 0) is 48.0 Å². The van der Waals surface area contributed by atoms with Crippen molar-refractivity contribution in [2.45, 2.75) is 13.0 Å². The molecule has 0 atom stereocenters. The van der Waals surface area contributed by atoms with E-state index in [4.69, 9.17) is 4.74 Å². The number of thiazole rings is 1. The zero-order valence-corrected chi connectivity index (χ0v) is 18.2. The highest BCUT2D eigenvalue weighted by Gasteiger charge is 2.21. The number of para-hydroxylation sites is 1. The largest absolute Gasteiger partial charge is 0.508 e. The summed E-state index contributed by atoms with van der Waals surface area (Å²) in [5, 5.41) is 16.0. The second kappa shape index (κ2) is 8.76. The predicted molar refractivity (Wildman–Crippen MR) is 125 cm³/mol. The lowest BCUT2D eigenvalue weighted by Crippen LogP contribution is -2.22. The van der Waals surface area contributed by atoms with Gasteiger partial charge in [0.05, 0.1) is 22.8 Å². The van der Waals surface area contributed by atoms with Gasteiger partial charge in [0.25, 0.3) is 11.8 Å². The number of nitrogens with zero attached hydrogens (tertiary/aromatic N) is 1. The number of hydrogen-bond donors (Lipinski definition) is 3. The quantitative estimate of drug-likeness (QED) is 0.402. The van der Waals surface area contributed by atoms with Gasteiger partial charge in [-0.1, -0.05) is 24.3 Å². The van der Waals surface area contributed by atoms with E-state index in [1.165, 1.54) is 11.3 Å². The Morgan fingerprint density at radius 2 is 1.88 bits per heavy atom. The SMILES string of the molecule is O=C(NCc1cnc(Cc2ccc(O)cc2)s1)c1ccc2c(c1)NC(=O)c1ccccc1O2. The van der Waals surface area contributed by atoms with Crippen molar-refractivity contribution in [1.29, 1.82) is 0 Å². The molecule has 0 spiro atoms. The Morgan fingerprint density at radius 1 is 1.06 bits per heavy atom. The highest BCUT2D eigenvalue weighted by molar-refractivity contribution is 7.11. The van der Waals surface area contributed by atoms with Crippen LogP contribution in [-0.4, -0.2) is 21.9 Å². The molecular formula is C25H19N3O4S. The molecule has 0 saturated heterocycles. The van der Waals surface area contributed by atoms with Crippen molar-refractivity contribution in [3.05, 3.63) is 99.5 Å². The summed E-state index contributed by atoms with van der Waals surface area (Å²) in [5.74, 6) is 0.634. The van der Waals surface area contributed by atoms with Gasteiger partial charge in [-0.2, -0.15) is 0 Å². The first-order valence-corrected chi connectivity index (χ1v) is 11.1. The Labute approximate surface area is 193 Å². The molecule has 2 amide bonds. The van der Waals surface area contributed by atoms with Gasteiger partial charge >= 0.3 is 0 Å². The number of phenolic OH excluding ortho intramolecular Hbond substituents is 1. The van der Waals surface area contributed by atoms with Crippen LogP contribution in [0.1, 0.15) is 36.2 Å². The number of carbonyl (C=O) groups excluding carboxylic acids is 2. The van der Waals surface area contributed by atoms with Crippen molar-refractivity contribution in [2.24, 2.45) is 0 Å². The predicted octanol–water partition coefficient (Wildman–Crippen LogP) is 4.73. The fourth-order valence-electron chi connectivity index (χ4n) is 3.48. The van der Waals surface area contributed by atoms with Crippen molar-refractivity contribution in [2.75, 3.05) is 5.32 Å². The highest BCUT2D eigenvalue weighted by Crippen LogP contribution is 2.36. The number of benzene rings is 3. The maximum absolute atomic E-state index is 12.7. The molecule has 8 heteroatoms. The van der Waals surface area contributed by atoms with E-state index in [0.29, 0.717) is 41.3 Å². The van der Waals surface area contributed by atoms with E-state index in [2.05, 4.69) is 15.6 Å². The van der Waals surface area contributed by atoms with Gasteiger partial charge in [-0.3, -0.25) is 9.59 Å². The molecule has 1 aliphatic heterocycles. The molecule has 0 radical (unpaired) electrons. The maximum Gasteiger partial charge on any atom is 0.259 e. The molecule has 0 bridgehead atoms. The van der Waals surface area contributed by atoms with Crippen LogP contribution in [0.15, 0.2) is 72.9 Å². The Hall–Kier alpha value is -4.17. The molecule has 164 valence electrons. The lowest BCUT2D eigenvalue weighted by Gasteiger charge is -2.10. The molecule has 33 heavy (non-hydrogen) atoms. The summed E-state index contributed by atoms with van der Waals surface area (Å²) < 4.78 is 5.86. The molecule has 0 saturated carbocycles. The lowest BCUT2D eigenvalue weighted by molar-refractivity contribution is 0.0950.